The molecule has 148 valence electrons. The Morgan fingerprint density at radius 3 is 2.70 bits per heavy atom. The second kappa shape index (κ2) is 7.05. The summed E-state index contributed by atoms with van der Waals surface area (Å²) in [5.74, 6) is 0.808. The highest BCUT2D eigenvalue weighted by Crippen LogP contribution is 2.30. The number of amides is 1. The van der Waals surface area contributed by atoms with Crippen LogP contribution >= 0.6 is 0 Å². The quantitative estimate of drug-likeness (QED) is 0.723. The van der Waals surface area contributed by atoms with Gasteiger partial charge in [-0.15, -0.1) is 0 Å². The molecule has 2 fully saturated rings. The normalized spacial score (nSPS) is 27.1. The molecule has 2 aliphatic heterocycles. The number of carbonyl (C=O) groups excluding carboxylic acids is 1. The third kappa shape index (κ3) is 3.57. The zero-order valence-corrected chi connectivity index (χ0v) is 16.8. The van der Waals surface area contributed by atoms with Crippen LogP contribution < -0.4 is 0 Å². The maximum atomic E-state index is 13.2. The molecule has 3 heterocycles. The molecule has 27 heavy (non-hydrogen) atoms. The van der Waals surface area contributed by atoms with Gasteiger partial charge in [0.15, 0.2) is 15.5 Å². The standard InChI is InChI=1S/C19H27N3O4S/c1-13(2)7-8-21-9-10-22(16-12-27(24,25)11-15(16)21)19(23)18-14-5-3-4-6-17(14)26-20-18/h7,15-16H,3-6,8-12H2,1-2H3/t15-,16+/m1/s1. The van der Waals surface area contributed by atoms with E-state index in [2.05, 4.69) is 16.1 Å². The maximum absolute atomic E-state index is 13.2. The number of allylic oxidation sites excluding steroid dienone is 1. The smallest absolute Gasteiger partial charge is 0.276 e. The number of fused-ring (bicyclic) bond motifs is 2. The van der Waals surface area contributed by atoms with Gasteiger partial charge in [0, 0.05) is 37.7 Å². The van der Waals surface area contributed by atoms with E-state index in [1.54, 1.807) is 4.90 Å². The molecular weight excluding hydrogens is 366 g/mol. The minimum atomic E-state index is -3.15. The second-order valence-corrected chi connectivity index (χ2v) is 10.3. The van der Waals surface area contributed by atoms with Crippen molar-refractivity contribution >= 4 is 15.7 Å². The fourth-order valence-electron chi connectivity index (χ4n) is 4.49. The molecule has 0 aromatic carbocycles. The molecule has 3 aliphatic rings. The molecule has 0 saturated carbocycles. The Labute approximate surface area is 160 Å². The molecule has 1 aliphatic carbocycles. The Morgan fingerprint density at radius 2 is 1.93 bits per heavy atom. The van der Waals surface area contributed by atoms with Crippen molar-refractivity contribution in [3.8, 4) is 0 Å². The lowest BCUT2D eigenvalue weighted by Gasteiger charge is -2.43. The van der Waals surface area contributed by atoms with Gasteiger partial charge in [0.1, 0.15) is 5.76 Å². The number of hydrogen-bond acceptors (Lipinski definition) is 6. The lowest BCUT2D eigenvalue weighted by molar-refractivity contribution is 0.0359. The first kappa shape index (κ1) is 18.7. The summed E-state index contributed by atoms with van der Waals surface area (Å²) in [7, 11) is -3.15. The van der Waals surface area contributed by atoms with E-state index in [1.165, 1.54) is 5.57 Å². The highest BCUT2D eigenvalue weighted by Gasteiger charge is 2.48. The first-order chi connectivity index (χ1) is 12.9. The summed E-state index contributed by atoms with van der Waals surface area (Å²) in [4.78, 5) is 17.2. The maximum Gasteiger partial charge on any atom is 0.276 e. The van der Waals surface area contributed by atoms with E-state index < -0.39 is 9.84 Å². The third-order valence-electron chi connectivity index (χ3n) is 5.94. The summed E-state index contributed by atoms with van der Waals surface area (Å²) in [5.41, 5.74) is 2.53. The Balaban J connectivity index is 1.60. The molecule has 0 bridgehead atoms. The SMILES string of the molecule is CC(C)=CCN1CCN(C(=O)c2noc3c2CCCC3)[C@H]2CS(=O)(=O)C[C@H]21. The van der Waals surface area contributed by atoms with Crippen LogP contribution in [-0.4, -0.2) is 72.5 Å². The van der Waals surface area contributed by atoms with E-state index in [9.17, 15) is 13.2 Å². The average Bonchev–Trinajstić information content (AvgIpc) is 3.18. The number of hydrogen-bond donors (Lipinski definition) is 0. The Bertz CT molecular complexity index is 870. The van der Waals surface area contributed by atoms with Crippen LogP contribution in [-0.2, 0) is 22.7 Å². The molecule has 0 unspecified atom stereocenters. The minimum absolute atomic E-state index is 0.0365. The number of nitrogens with zero attached hydrogens (tertiary/aromatic N) is 3. The predicted molar refractivity (Wildman–Crippen MR) is 101 cm³/mol. The van der Waals surface area contributed by atoms with E-state index >= 15 is 0 Å². The fourth-order valence-corrected chi connectivity index (χ4v) is 6.50. The molecule has 7 nitrogen and oxygen atoms in total. The second-order valence-electron chi connectivity index (χ2n) is 8.13. The first-order valence-electron chi connectivity index (χ1n) is 9.72. The van der Waals surface area contributed by atoms with Gasteiger partial charge in [-0.25, -0.2) is 8.42 Å². The van der Waals surface area contributed by atoms with Crippen molar-refractivity contribution in [2.75, 3.05) is 31.1 Å². The van der Waals surface area contributed by atoms with Crippen LogP contribution in [0.3, 0.4) is 0 Å². The van der Waals surface area contributed by atoms with E-state index in [-0.39, 0.29) is 29.5 Å². The number of aromatic nitrogens is 1. The molecule has 2 atom stereocenters. The van der Waals surface area contributed by atoms with Gasteiger partial charge >= 0.3 is 0 Å². The number of sulfone groups is 1. The fraction of sp³-hybridized carbons (Fsp3) is 0.684. The van der Waals surface area contributed by atoms with Gasteiger partial charge in [-0.3, -0.25) is 9.69 Å². The van der Waals surface area contributed by atoms with Gasteiger partial charge in [-0.05, 0) is 33.1 Å². The number of piperazine rings is 1. The molecule has 4 rings (SSSR count). The lowest BCUT2D eigenvalue weighted by atomic mass is 9.95. The summed E-state index contributed by atoms with van der Waals surface area (Å²) in [5, 5.41) is 4.06. The molecular formula is C19H27N3O4S. The Morgan fingerprint density at radius 1 is 1.19 bits per heavy atom. The van der Waals surface area contributed by atoms with Crippen molar-refractivity contribution in [3.05, 3.63) is 28.7 Å². The summed E-state index contributed by atoms with van der Waals surface area (Å²) in [6.45, 7) is 5.99. The number of rotatable bonds is 3. The van der Waals surface area contributed by atoms with E-state index in [4.69, 9.17) is 4.52 Å². The van der Waals surface area contributed by atoms with Gasteiger partial charge in [0.2, 0.25) is 0 Å². The van der Waals surface area contributed by atoms with Crippen LogP contribution in [0, 0.1) is 0 Å². The lowest BCUT2D eigenvalue weighted by Crippen LogP contribution is -2.60. The van der Waals surface area contributed by atoms with Crippen LogP contribution in [0.2, 0.25) is 0 Å². The van der Waals surface area contributed by atoms with Crippen LogP contribution in [0.25, 0.3) is 0 Å². The molecule has 0 spiro atoms. The highest BCUT2D eigenvalue weighted by atomic mass is 32.2. The van der Waals surface area contributed by atoms with Gasteiger partial charge < -0.3 is 9.42 Å². The van der Waals surface area contributed by atoms with Crippen LogP contribution in [0.15, 0.2) is 16.2 Å². The van der Waals surface area contributed by atoms with Crippen molar-refractivity contribution in [3.63, 3.8) is 0 Å². The van der Waals surface area contributed by atoms with Crippen molar-refractivity contribution < 1.29 is 17.7 Å². The Kier molecular flexibility index (Phi) is 4.88. The summed E-state index contributed by atoms with van der Waals surface area (Å²) in [6, 6.07) is -0.455. The molecule has 1 aromatic heterocycles. The first-order valence-corrected chi connectivity index (χ1v) is 11.5. The van der Waals surface area contributed by atoms with Crippen molar-refractivity contribution in [1.82, 2.24) is 15.0 Å². The molecule has 2 saturated heterocycles. The van der Waals surface area contributed by atoms with Gasteiger partial charge in [0.25, 0.3) is 5.91 Å². The molecule has 0 N–H and O–H groups in total. The highest BCUT2D eigenvalue weighted by molar-refractivity contribution is 7.91. The molecule has 0 radical (unpaired) electrons. The molecule has 8 heteroatoms. The summed E-state index contributed by atoms with van der Waals surface area (Å²) in [6.07, 6.45) is 5.85. The predicted octanol–water partition coefficient (Wildman–Crippen LogP) is 1.44. The minimum Gasteiger partial charge on any atom is -0.360 e. The van der Waals surface area contributed by atoms with E-state index in [0.717, 1.165) is 43.6 Å². The number of aryl methyl sites for hydroxylation is 1. The van der Waals surface area contributed by atoms with Gasteiger partial charge in [-0.1, -0.05) is 16.8 Å². The van der Waals surface area contributed by atoms with Crippen LogP contribution in [0.4, 0.5) is 0 Å². The molecule has 1 amide bonds. The Hall–Kier alpha value is -1.67. The average molecular weight is 394 g/mol. The number of carbonyl (C=O) groups is 1. The van der Waals surface area contributed by atoms with Gasteiger partial charge in [0.05, 0.1) is 17.5 Å². The van der Waals surface area contributed by atoms with E-state index in [0.29, 0.717) is 18.8 Å². The van der Waals surface area contributed by atoms with Crippen LogP contribution in [0.5, 0.6) is 0 Å². The largest absolute Gasteiger partial charge is 0.360 e. The third-order valence-corrected chi connectivity index (χ3v) is 7.64. The summed E-state index contributed by atoms with van der Waals surface area (Å²) >= 11 is 0. The van der Waals surface area contributed by atoms with Gasteiger partial charge in [-0.2, -0.15) is 0 Å². The van der Waals surface area contributed by atoms with Crippen molar-refractivity contribution in [2.45, 2.75) is 51.6 Å². The summed E-state index contributed by atoms with van der Waals surface area (Å²) < 4.78 is 30.1. The zero-order valence-electron chi connectivity index (χ0n) is 16.0. The zero-order chi connectivity index (χ0) is 19.2. The van der Waals surface area contributed by atoms with Crippen LogP contribution in [0.1, 0.15) is 48.5 Å². The molecule has 1 aromatic rings. The topological polar surface area (TPSA) is 83.7 Å². The van der Waals surface area contributed by atoms with E-state index in [1.807, 2.05) is 13.8 Å². The monoisotopic (exact) mass is 393 g/mol. The van der Waals surface area contributed by atoms with Crippen molar-refractivity contribution in [2.24, 2.45) is 0 Å². The van der Waals surface area contributed by atoms with Crippen molar-refractivity contribution in [1.29, 1.82) is 0 Å².